The lowest BCUT2D eigenvalue weighted by atomic mass is 9.67. The lowest BCUT2D eigenvalue weighted by Crippen LogP contribution is -2.54. The molecule has 0 saturated heterocycles. The zero-order chi connectivity index (χ0) is 18.7. The van der Waals surface area contributed by atoms with Gasteiger partial charge in [-0.1, -0.05) is 11.6 Å². The number of rotatable bonds is 6. The molecule has 1 heterocycles. The molecule has 0 spiro atoms. The van der Waals surface area contributed by atoms with E-state index >= 15 is 0 Å². The fourth-order valence-electron chi connectivity index (χ4n) is 4.18. The molecule has 0 aromatic carbocycles. The second kappa shape index (κ2) is 8.43. The number of aromatic nitrogens is 1. The topological polar surface area (TPSA) is 110 Å². The summed E-state index contributed by atoms with van der Waals surface area (Å²) in [5.74, 6) is 2.13. The predicted octanol–water partition coefficient (Wildman–Crippen LogP) is 2.07. The van der Waals surface area contributed by atoms with Crippen LogP contribution >= 0.6 is 11.8 Å². The number of thioether (sulfide) groups is 1. The quantitative estimate of drug-likeness (QED) is 0.697. The number of hydrogen-bond acceptors (Lipinski definition) is 6. The monoisotopic (exact) mass is 380 g/mol. The van der Waals surface area contributed by atoms with Gasteiger partial charge in [-0.25, -0.2) is 0 Å². The molecule has 3 unspecified atom stereocenters. The molecule has 0 aliphatic heterocycles. The van der Waals surface area contributed by atoms with Gasteiger partial charge in [0.1, 0.15) is 5.76 Å². The minimum atomic E-state index is -0.350. The summed E-state index contributed by atoms with van der Waals surface area (Å²) in [6.07, 6.45) is 5.55. The van der Waals surface area contributed by atoms with Crippen molar-refractivity contribution in [3.63, 3.8) is 0 Å². The third kappa shape index (κ3) is 4.79. The molecule has 1 aromatic heterocycles. The predicted molar refractivity (Wildman–Crippen MR) is 102 cm³/mol. The Labute approximate surface area is 158 Å². The number of aryl methyl sites for hydroxylation is 1. The van der Waals surface area contributed by atoms with Crippen molar-refractivity contribution in [2.24, 2.45) is 17.6 Å². The Bertz CT molecular complexity index is 636. The highest BCUT2D eigenvalue weighted by atomic mass is 32.2. The van der Waals surface area contributed by atoms with Crippen LogP contribution in [0.4, 0.5) is 5.82 Å². The summed E-state index contributed by atoms with van der Waals surface area (Å²) in [5.41, 5.74) is 6.14. The number of nitrogens with two attached hydrogens (primary N) is 1. The minimum absolute atomic E-state index is 0.00398. The molecule has 26 heavy (non-hydrogen) atoms. The van der Waals surface area contributed by atoms with Crippen LogP contribution in [0.5, 0.6) is 0 Å². The average Bonchev–Trinajstić information content (AvgIpc) is 2.98. The zero-order valence-corrected chi connectivity index (χ0v) is 16.2. The maximum absolute atomic E-state index is 12.4. The van der Waals surface area contributed by atoms with E-state index in [0.717, 1.165) is 25.7 Å². The second-order valence-corrected chi connectivity index (χ2v) is 8.87. The van der Waals surface area contributed by atoms with Crippen LogP contribution in [-0.2, 0) is 9.59 Å². The first-order valence-electron chi connectivity index (χ1n) is 9.33. The minimum Gasteiger partial charge on any atom is -0.360 e. The Kier molecular flexibility index (Phi) is 6.24. The molecule has 2 aliphatic carbocycles. The van der Waals surface area contributed by atoms with E-state index in [1.807, 2.05) is 0 Å². The zero-order valence-electron chi connectivity index (χ0n) is 15.4. The molecular formula is C18H28N4O3S. The van der Waals surface area contributed by atoms with Crippen LogP contribution in [0.15, 0.2) is 10.6 Å². The third-order valence-corrected chi connectivity index (χ3v) is 6.56. The van der Waals surface area contributed by atoms with Gasteiger partial charge < -0.3 is 20.9 Å². The molecule has 2 aliphatic rings. The largest absolute Gasteiger partial charge is 0.360 e. The fourth-order valence-corrected chi connectivity index (χ4v) is 4.88. The Balaban J connectivity index is 1.44. The molecule has 3 rings (SSSR count). The highest BCUT2D eigenvalue weighted by Gasteiger charge is 2.39. The van der Waals surface area contributed by atoms with E-state index in [9.17, 15) is 9.59 Å². The van der Waals surface area contributed by atoms with Gasteiger partial charge in [0.2, 0.25) is 11.8 Å². The molecule has 2 bridgehead atoms. The Morgan fingerprint density at radius 1 is 1.38 bits per heavy atom. The van der Waals surface area contributed by atoms with Crippen LogP contribution in [0.2, 0.25) is 0 Å². The number of hydrogen-bond donors (Lipinski definition) is 3. The van der Waals surface area contributed by atoms with Crippen molar-refractivity contribution in [3.8, 4) is 0 Å². The fraction of sp³-hybridized carbons (Fsp3) is 0.722. The summed E-state index contributed by atoms with van der Waals surface area (Å²) < 4.78 is 4.93. The summed E-state index contributed by atoms with van der Waals surface area (Å²) in [7, 11) is 0. The van der Waals surface area contributed by atoms with Crippen LogP contribution in [0.3, 0.4) is 0 Å². The average molecular weight is 381 g/mol. The van der Waals surface area contributed by atoms with Gasteiger partial charge in [0.15, 0.2) is 5.82 Å². The van der Waals surface area contributed by atoms with E-state index in [1.54, 1.807) is 19.9 Å². The van der Waals surface area contributed by atoms with Crippen molar-refractivity contribution in [2.45, 2.75) is 63.3 Å². The first-order chi connectivity index (χ1) is 12.4. The summed E-state index contributed by atoms with van der Waals surface area (Å²) in [6.45, 7) is 3.55. The van der Waals surface area contributed by atoms with Crippen molar-refractivity contribution in [2.75, 3.05) is 11.1 Å². The van der Waals surface area contributed by atoms with Crippen LogP contribution in [-0.4, -0.2) is 40.1 Å². The van der Waals surface area contributed by atoms with E-state index in [2.05, 4.69) is 15.8 Å². The van der Waals surface area contributed by atoms with Crippen LogP contribution in [0.25, 0.3) is 0 Å². The summed E-state index contributed by atoms with van der Waals surface area (Å²) in [6, 6.07) is 2.18. The molecule has 144 valence electrons. The van der Waals surface area contributed by atoms with E-state index in [4.69, 9.17) is 10.3 Å². The standard InChI is InChI=1S/C18H28N4O3S/c1-10-6-15(22-25-10)20-18(24)11(2)26-9-16(23)21-17-12-4-3-5-13(17)8-14(19)7-12/h6,11-14,17H,3-5,7-9,19H2,1-2H3,(H,21,23)(H,20,22,24). The summed E-state index contributed by atoms with van der Waals surface area (Å²) in [4.78, 5) is 24.6. The van der Waals surface area contributed by atoms with Crippen molar-refractivity contribution < 1.29 is 14.1 Å². The number of fused-ring (bicyclic) bond motifs is 2. The van der Waals surface area contributed by atoms with E-state index in [-0.39, 0.29) is 34.9 Å². The number of carbonyl (C=O) groups excluding carboxylic acids is 2. The molecule has 7 nitrogen and oxygen atoms in total. The number of carbonyl (C=O) groups is 2. The SMILES string of the molecule is Cc1cc(NC(=O)C(C)SCC(=O)NC2C3CCCC2CC(N)C3)no1. The van der Waals surface area contributed by atoms with Crippen LogP contribution in [0, 0.1) is 18.8 Å². The molecule has 0 radical (unpaired) electrons. The van der Waals surface area contributed by atoms with E-state index < -0.39 is 0 Å². The lowest BCUT2D eigenvalue weighted by Gasteiger charge is -2.45. The van der Waals surface area contributed by atoms with Gasteiger partial charge in [-0.2, -0.15) is 0 Å². The van der Waals surface area contributed by atoms with Gasteiger partial charge in [0.05, 0.1) is 11.0 Å². The van der Waals surface area contributed by atoms with Crippen molar-refractivity contribution in [1.29, 1.82) is 0 Å². The third-order valence-electron chi connectivity index (χ3n) is 5.42. The number of amides is 2. The number of nitrogens with one attached hydrogen (secondary N) is 2. The summed E-state index contributed by atoms with van der Waals surface area (Å²) >= 11 is 1.33. The lowest BCUT2D eigenvalue weighted by molar-refractivity contribution is -0.120. The maximum Gasteiger partial charge on any atom is 0.238 e. The van der Waals surface area contributed by atoms with Gasteiger partial charge in [-0.3, -0.25) is 9.59 Å². The van der Waals surface area contributed by atoms with Crippen molar-refractivity contribution in [1.82, 2.24) is 10.5 Å². The molecule has 3 atom stereocenters. The highest BCUT2D eigenvalue weighted by Crippen LogP contribution is 2.39. The number of anilines is 1. The van der Waals surface area contributed by atoms with Gasteiger partial charge >= 0.3 is 0 Å². The molecule has 4 N–H and O–H groups in total. The second-order valence-electron chi connectivity index (χ2n) is 7.54. The Hall–Kier alpha value is -1.54. The highest BCUT2D eigenvalue weighted by molar-refractivity contribution is 8.01. The Morgan fingerprint density at radius 2 is 2.08 bits per heavy atom. The normalized spacial score (nSPS) is 29.0. The molecule has 2 fully saturated rings. The van der Waals surface area contributed by atoms with Gasteiger partial charge in [-0.05, 0) is 51.4 Å². The van der Waals surface area contributed by atoms with E-state index in [0.29, 0.717) is 23.4 Å². The number of nitrogens with zero attached hydrogens (tertiary/aromatic N) is 1. The van der Waals surface area contributed by atoms with Gasteiger partial charge in [-0.15, -0.1) is 11.8 Å². The van der Waals surface area contributed by atoms with Crippen molar-refractivity contribution >= 4 is 29.4 Å². The smallest absolute Gasteiger partial charge is 0.238 e. The summed E-state index contributed by atoms with van der Waals surface area (Å²) in [5, 5.41) is 9.30. The molecule has 1 aromatic rings. The molecule has 2 amide bonds. The van der Waals surface area contributed by atoms with Crippen LogP contribution in [0.1, 0.15) is 44.8 Å². The van der Waals surface area contributed by atoms with Gasteiger partial charge in [0, 0.05) is 18.2 Å². The van der Waals surface area contributed by atoms with Crippen LogP contribution < -0.4 is 16.4 Å². The molecule has 8 heteroatoms. The first kappa shape index (κ1) is 19.2. The Morgan fingerprint density at radius 3 is 2.69 bits per heavy atom. The van der Waals surface area contributed by atoms with Gasteiger partial charge in [0.25, 0.3) is 0 Å². The van der Waals surface area contributed by atoms with Crippen molar-refractivity contribution in [3.05, 3.63) is 11.8 Å². The maximum atomic E-state index is 12.4. The van der Waals surface area contributed by atoms with E-state index in [1.165, 1.54) is 18.2 Å². The molecular weight excluding hydrogens is 352 g/mol. The first-order valence-corrected chi connectivity index (χ1v) is 10.4. The molecule has 2 saturated carbocycles.